The van der Waals surface area contributed by atoms with Crippen LogP contribution < -0.4 is 9.47 Å². The number of rotatable bonds is 3. The van der Waals surface area contributed by atoms with Gasteiger partial charge >= 0.3 is 12.1 Å². The van der Waals surface area contributed by atoms with Crippen LogP contribution in [0, 0.1) is 0 Å². The standard InChI is InChI=1S/C14H13F3O4/c1-7(2)20-9-4-3-8-5-10(13(18)19)12(14(15,16)17)21-11(8)6-9/h3-7,12H,1-2H3,(H,18,19)/t12-/m0/s1. The first-order chi connectivity index (χ1) is 9.68. The molecule has 4 nitrogen and oxygen atoms in total. The summed E-state index contributed by atoms with van der Waals surface area (Å²) in [7, 11) is 0. The van der Waals surface area contributed by atoms with Gasteiger partial charge in [-0.2, -0.15) is 13.2 Å². The minimum Gasteiger partial charge on any atom is -0.491 e. The molecular weight excluding hydrogens is 289 g/mol. The zero-order chi connectivity index (χ0) is 15.8. The molecule has 0 amide bonds. The maximum atomic E-state index is 12.9. The van der Waals surface area contributed by atoms with E-state index in [4.69, 9.17) is 14.6 Å². The fourth-order valence-corrected chi connectivity index (χ4v) is 1.93. The summed E-state index contributed by atoms with van der Waals surface area (Å²) in [6, 6.07) is 4.33. The van der Waals surface area contributed by atoms with Crippen LogP contribution in [0.15, 0.2) is 23.8 Å². The molecule has 2 rings (SSSR count). The molecule has 1 aromatic rings. The Hall–Kier alpha value is -2.18. The van der Waals surface area contributed by atoms with E-state index in [0.717, 1.165) is 6.08 Å². The van der Waals surface area contributed by atoms with Gasteiger partial charge in [0.1, 0.15) is 11.5 Å². The molecule has 1 aromatic carbocycles. The van der Waals surface area contributed by atoms with Crippen molar-refractivity contribution in [1.29, 1.82) is 0 Å². The summed E-state index contributed by atoms with van der Waals surface area (Å²) in [5, 5.41) is 8.90. The zero-order valence-corrected chi connectivity index (χ0v) is 11.3. The van der Waals surface area contributed by atoms with E-state index in [1.54, 1.807) is 19.9 Å². The number of halogens is 3. The van der Waals surface area contributed by atoms with Gasteiger partial charge in [-0.25, -0.2) is 4.79 Å². The second kappa shape index (κ2) is 5.31. The lowest BCUT2D eigenvalue weighted by atomic mass is 10.0. The fraction of sp³-hybridized carbons (Fsp3) is 0.357. The van der Waals surface area contributed by atoms with Gasteiger partial charge in [0.25, 0.3) is 0 Å². The van der Waals surface area contributed by atoms with Gasteiger partial charge in [-0.05, 0) is 32.1 Å². The van der Waals surface area contributed by atoms with Gasteiger partial charge in [0.15, 0.2) is 0 Å². The molecule has 0 radical (unpaired) electrons. The van der Waals surface area contributed by atoms with Gasteiger partial charge < -0.3 is 14.6 Å². The third-order valence-corrected chi connectivity index (χ3v) is 2.74. The van der Waals surface area contributed by atoms with Crippen molar-refractivity contribution in [3.63, 3.8) is 0 Å². The maximum Gasteiger partial charge on any atom is 0.430 e. The molecular formula is C14H13F3O4. The monoisotopic (exact) mass is 302 g/mol. The molecule has 21 heavy (non-hydrogen) atoms. The lowest BCUT2D eigenvalue weighted by molar-refractivity contribution is -0.187. The number of carbonyl (C=O) groups is 1. The van der Waals surface area contributed by atoms with E-state index in [2.05, 4.69) is 0 Å². The van der Waals surface area contributed by atoms with Crippen molar-refractivity contribution in [3.8, 4) is 11.5 Å². The normalized spacial score (nSPS) is 17.8. The van der Waals surface area contributed by atoms with Crippen molar-refractivity contribution in [2.24, 2.45) is 0 Å². The van der Waals surface area contributed by atoms with E-state index in [1.165, 1.54) is 12.1 Å². The first kappa shape index (κ1) is 15.2. The Morgan fingerprint density at radius 3 is 2.57 bits per heavy atom. The van der Waals surface area contributed by atoms with Gasteiger partial charge in [0.2, 0.25) is 6.10 Å². The van der Waals surface area contributed by atoms with Crippen molar-refractivity contribution in [2.45, 2.75) is 32.2 Å². The molecule has 1 atom stereocenters. The Balaban J connectivity index is 2.43. The van der Waals surface area contributed by atoms with Gasteiger partial charge in [0.05, 0.1) is 11.7 Å². The predicted molar refractivity (Wildman–Crippen MR) is 68.3 cm³/mol. The summed E-state index contributed by atoms with van der Waals surface area (Å²) < 4.78 is 48.9. The largest absolute Gasteiger partial charge is 0.491 e. The summed E-state index contributed by atoms with van der Waals surface area (Å²) in [4.78, 5) is 11.0. The highest BCUT2D eigenvalue weighted by Gasteiger charge is 2.48. The minimum atomic E-state index is -4.81. The van der Waals surface area contributed by atoms with Gasteiger partial charge in [0, 0.05) is 11.6 Å². The first-order valence-corrected chi connectivity index (χ1v) is 6.17. The predicted octanol–water partition coefficient (Wildman–Crippen LogP) is 3.27. The Morgan fingerprint density at radius 2 is 2.05 bits per heavy atom. The molecule has 0 unspecified atom stereocenters. The van der Waals surface area contributed by atoms with Crippen LogP contribution in [0.2, 0.25) is 0 Å². The van der Waals surface area contributed by atoms with Crippen molar-refractivity contribution in [2.75, 3.05) is 0 Å². The van der Waals surface area contributed by atoms with E-state index >= 15 is 0 Å². The molecule has 0 saturated heterocycles. The fourth-order valence-electron chi connectivity index (χ4n) is 1.93. The third-order valence-electron chi connectivity index (χ3n) is 2.74. The molecule has 0 saturated carbocycles. The van der Waals surface area contributed by atoms with Crippen LogP contribution in [0.5, 0.6) is 11.5 Å². The van der Waals surface area contributed by atoms with Crippen LogP contribution in [-0.2, 0) is 4.79 Å². The number of fused-ring (bicyclic) bond motifs is 1. The SMILES string of the molecule is CC(C)Oc1ccc2c(c1)O[C@H](C(F)(F)F)C(C(=O)O)=C2. The van der Waals surface area contributed by atoms with Crippen molar-refractivity contribution in [3.05, 3.63) is 29.3 Å². The average Bonchev–Trinajstić information content (AvgIpc) is 2.35. The Kier molecular flexibility index (Phi) is 3.85. The molecule has 1 aliphatic rings. The number of carboxylic acid groups (broad SMARTS) is 1. The second-order valence-corrected chi connectivity index (χ2v) is 4.81. The molecule has 1 N–H and O–H groups in total. The number of hydrogen-bond acceptors (Lipinski definition) is 3. The van der Waals surface area contributed by atoms with Crippen LogP contribution in [-0.4, -0.2) is 29.5 Å². The number of carboxylic acids is 1. The highest BCUT2D eigenvalue weighted by atomic mass is 19.4. The highest BCUT2D eigenvalue weighted by molar-refractivity contribution is 5.95. The summed E-state index contributed by atoms with van der Waals surface area (Å²) in [5.41, 5.74) is -0.573. The van der Waals surface area contributed by atoms with Crippen LogP contribution in [0.1, 0.15) is 19.4 Å². The average molecular weight is 302 g/mol. The van der Waals surface area contributed by atoms with E-state index in [9.17, 15) is 18.0 Å². The highest BCUT2D eigenvalue weighted by Crippen LogP contribution is 2.38. The Morgan fingerprint density at radius 1 is 1.38 bits per heavy atom. The van der Waals surface area contributed by atoms with Gasteiger partial charge in [-0.1, -0.05) is 0 Å². The molecule has 0 bridgehead atoms. The second-order valence-electron chi connectivity index (χ2n) is 4.81. The summed E-state index contributed by atoms with van der Waals surface area (Å²) in [6.07, 6.45) is -6.47. The topological polar surface area (TPSA) is 55.8 Å². The number of hydrogen-bond donors (Lipinski definition) is 1. The maximum absolute atomic E-state index is 12.9. The Labute approximate surface area is 118 Å². The van der Waals surface area contributed by atoms with Crippen LogP contribution >= 0.6 is 0 Å². The lowest BCUT2D eigenvalue weighted by Crippen LogP contribution is -2.40. The first-order valence-electron chi connectivity index (χ1n) is 6.17. The lowest BCUT2D eigenvalue weighted by Gasteiger charge is -2.27. The molecule has 1 heterocycles. The molecule has 0 fully saturated rings. The number of ether oxygens (including phenoxy) is 2. The van der Waals surface area contributed by atoms with Gasteiger partial charge in [-0.3, -0.25) is 0 Å². The number of aliphatic carboxylic acids is 1. The molecule has 0 spiro atoms. The van der Waals surface area contributed by atoms with Crippen molar-refractivity contribution in [1.82, 2.24) is 0 Å². The van der Waals surface area contributed by atoms with E-state index < -0.39 is 23.8 Å². The van der Waals surface area contributed by atoms with E-state index in [0.29, 0.717) is 5.75 Å². The van der Waals surface area contributed by atoms with Crippen LogP contribution in [0.25, 0.3) is 6.08 Å². The molecule has 7 heteroatoms. The molecule has 114 valence electrons. The quantitative estimate of drug-likeness (QED) is 0.931. The third kappa shape index (κ3) is 3.29. The molecule has 1 aliphatic heterocycles. The van der Waals surface area contributed by atoms with Crippen molar-refractivity contribution < 1.29 is 32.5 Å². The number of benzene rings is 1. The molecule has 0 aromatic heterocycles. The molecule has 0 aliphatic carbocycles. The number of alkyl halides is 3. The van der Waals surface area contributed by atoms with E-state index in [1.807, 2.05) is 0 Å². The van der Waals surface area contributed by atoms with Gasteiger partial charge in [-0.15, -0.1) is 0 Å². The minimum absolute atomic E-state index is 0.0551. The summed E-state index contributed by atoms with van der Waals surface area (Å²) >= 11 is 0. The Bertz CT molecular complexity index is 590. The van der Waals surface area contributed by atoms with Crippen LogP contribution in [0.4, 0.5) is 13.2 Å². The van der Waals surface area contributed by atoms with E-state index in [-0.39, 0.29) is 17.4 Å². The summed E-state index contributed by atoms with van der Waals surface area (Å²) in [6.45, 7) is 3.56. The van der Waals surface area contributed by atoms with Crippen LogP contribution in [0.3, 0.4) is 0 Å². The smallest absolute Gasteiger partial charge is 0.430 e. The zero-order valence-electron chi connectivity index (χ0n) is 11.3. The summed E-state index contributed by atoms with van der Waals surface area (Å²) in [5.74, 6) is -1.36. The van der Waals surface area contributed by atoms with Crippen molar-refractivity contribution >= 4 is 12.0 Å².